The van der Waals surface area contributed by atoms with Crippen LogP contribution in [0.2, 0.25) is 0 Å². The summed E-state index contributed by atoms with van der Waals surface area (Å²) >= 11 is 0. The van der Waals surface area contributed by atoms with Gasteiger partial charge in [-0.15, -0.1) is 0 Å². The lowest BCUT2D eigenvalue weighted by Crippen LogP contribution is -2.13. The van der Waals surface area contributed by atoms with Crippen LogP contribution in [0.5, 0.6) is 0 Å². The van der Waals surface area contributed by atoms with Gasteiger partial charge in [-0.1, -0.05) is 189 Å². The third kappa shape index (κ3) is 32.4. The lowest BCUT2D eigenvalue weighted by molar-refractivity contribution is -0.142. The molecule has 1 unspecified atom stereocenters. The van der Waals surface area contributed by atoms with Crippen LogP contribution in [0.3, 0.4) is 0 Å². The molecule has 0 radical (unpaired) electrons. The molecule has 0 rings (SSSR count). The molecular weight excluding hydrogens is 512 g/mol. The van der Waals surface area contributed by atoms with Crippen LogP contribution in [0.25, 0.3) is 0 Å². The van der Waals surface area contributed by atoms with Crippen molar-refractivity contribution in [2.75, 3.05) is 0 Å². The maximum Gasteiger partial charge on any atom is 0.306 e. The Morgan fingerprint density at radius 1 is 0.429 bits per heavy atom. The molecule has 0 heterocycles. The summed E-state index contributed by atoms with van der Waals surface area (Å²) in [6.07, 6.45) is 56.2. The topological polar surface area (TPSA) is 37.3 Å². The summed E-state index contributed by atoms with van der Waals surface area (Å²) in [5.74, 6) is -0.832. The fourth-order valence-electron chi connectivity index (χ4n) is 5.18. The van der Waals surface area contributed by atoms with Crippen molar-refractivity contribution in [1.82, 2.24) is 0 Å². The zero-order chi connectivity index (χ0) is 30.6. The van der Waals surface area contributed by atoms with Crippen molar-refractivity contribution < 1.29 is 9.90 Å². The van der Waals surface area contributed by atoms with Gasteiger partial charge in [-0.2, -0.15) is 0 Å². The summed E-state index contributed by atoms with van der Waals surface area (Å²) in [4.78, 5) is 11.1. The van der Waals surface area contributed by atoms with Crippen molar-refractivity contribution in [1.29, 1.82) is 0 Å². The van der Waals surface area contributed by atoms with E-state index >= 15 is 0 Å². The minimum Gasteiger partial charge on any atom is -0.481 e. The van der Waals surface area contributed by atoms with Gasteiger partial charge in [0.1, 0.15) is 0 Å². The van der Waals surface area contributed by atoms with E-state index in [-0.39, 0.29) is 5.92 Å². The van der Waals surface area contributed by atoms with Crippen molar-refractivity contribution in [2.24, 2.45) is 5.92 Å². The van der Waals surface area contributed by atoms with Crippen LogP contribution in [-0.2, 0) is 4.79 Å². The molecule has 0 aliphatic carbocycles. The summed E-state index contributed by atoms with van der Waals surface area (Å²) in [7, 11) is 0. The first-order valence-corrected chi connectivity index (χ1v) is 17.9. The predicted molar refractivity (Wildman–Crippen MR) is 188 cm³/mol. The molecule has 0 saturated carbocycles. The number of hydrogen-bond acceptors (Lipinski definition) is 1. The number of aliphatic carboxylic acids is 1. The third-order valence-electron chi connectivity index (χ3n) is 7.85. The molecule has 1 atom stereocenters. The summed E-state index contributed by atoms with van der Waals surface area (Å²) < 4.78 is 0. The van der Waals surface area contributed by atoms with Crippen LogP contribution in [0.4, 0.5) is 0 Å². The van der Waals surface area contributed by atoms with E-state index in [2.05, 4.69) is 55.5 Å². The number of carboxylic acids is 1. The monoisotopic (exact) mass is 581 g/mol. The number of unbranched alkanes of at least 4 members (excludes halogenated alkanes) is 18. The molecule has 0 aliphatic rings. The highest BCUT2D eigenvalue weighted by Gasteiger charge is 2.14. The smallest absolute Gasteiger partial charge is 0.306 e. The second-order valence-electron chi connectivity index (χ2n) is 11.9. The van der Waals surface area contributed by atoms with Crippen LogP contribution in [0, 0.1) is 5.92 Å². The van der Waals surface area contributed by atoms with Crippen LogP contribution >= 0.6 is 0 Å². The third-order valence-corrected chi connectivity index (χ3v) is 7.85. The minimum absolute atomic E-state index is 0.181. The van der Waals surface area contributed by atoms with Crippen LogP contribution in [0.1, 0.15) is 168 Å². The molecule has 0 spiro atoms. The average Bonchev–Trinajstić information content (AvgIpc) is 2.98. The molecule has 0 aromatic carbocycles. The first-order chi connectivity index (χ1) is 20.7. The molecule has 2 nitrogen and oxygen atoms in total. The number of carbonyl (C=O) groups is 1. The summed E-state index contributed by atoms with van der Waals surface area (Å²) in [6, 6.07) is 0. The van der Waals surface area contributed by atoms with Crippen molar-refractivity contribution in [2.45, 2.75) is 168 Å². The maximum absolute atomic E-state index is 11.1. The lowest BCUT2D eigenvalue weighted by atomic mass is 9.97. The number of carboxylic acid groups (broad SMARTS) is 1. The van der Waals surface area contributed by atoms with Crippen LogP contribution < -0.4 is 0 Å². The highest BCUT2D eigenvalue weighted by atomic mass is 16.4. The van der Waals surface area contributed by atoms with Gasteiger partial charge in [-0.25, -0.2) is 0 Å². The van der Waals surface area contributed by atoms with Crippen LogP contribution in [-0.4, -0.2) is 11.1 Å². The zero-order valence-electron chi connectivity index (χ0n) is 27.8. The molecule has 0 aromatic heterocycles. The average molecular weight is 581 g/mol. The van der Waals surface area contributed by atoms with Gasteiger partial charge in [0.15, 0.2) is 0 Å². The van der Waals surface area contributed by atoms with Gasteiger partial charge in [0.25, 0.3) is 0 Å². The number of rotatable bonds is 31. The van der Waals surface area contributed by atoms with Gasteiger partial charge in [-0.05, 0) is 51.4 Å². The molecule has 1 N–H and O–H groups in total. The van der Waals surface area contributed by atoms with Gasteiger partial charge >= 0.3 is 5.97 Å². The standard InChI is InChI=1S/C40H68O2/c1-3-5-6-7-8-9-10-11-12-13-14-15-16-17-18-19-20-21-22-23-24-25-26-27-28-29-30-31-32-33-34-35-36-38-39(37-4-2)40(41)42/h21-24,27-34,39H,3-20,25-26,35-38H2,1-2H3,(H,41,42)/b22-21+,24-23+,28-27+,30-29+,32-31+,34-33+. The first-order valence-electron chi connectivity index (χ1n) is 17.9. The van der Waals surface area contributed by atoms with Crippen molar-refractivity contribution in [3.8, 4) is 0 Å². The second-order valence-corrected chi connectivity index (χ2v) is 11.9. The summed E-state index contributed by atoms with van der Waals surface area (Å²) in [5.41, 5.74) is 0. The van der Waals surface area contributed by atoms with Crippen LogP contribution in [0.15, 0.2) is 72.9 Å². The Bertz CT molecular complexity index is 737. The van der Waals surface area contributed by atoms with Crippen molar-refractivity contribution in [3.05, 3.63) is 72.9 Å². The Morgan fingerprint density at radius 3 is 1.21 bits per heavy atom. The van der Waals surface area contributed by atoms with Gasteiger partial charge in [0.2, 0.25) is 0 Å². The molecule has 0 bridgehead atoms. The Hall–Kier alpha value is -2.09. The van der Waals surface area contributed by atoms with Gasteiger partial charge in [0.05, 0.1) is 5.92 Å². The minimum atomic E-state index is -0.650. The largest absolute Gasteiger partial charge is 0.481 e. The van der Waals surface area contributed by atoms with E-state index in [0.717, 1.165) is 44.9 Å². The van der Waals surface area contributed by atoms with E-state index in [9.17, 15) is 9.90 Å². The van der Waals surface area contributed by atoms with Gasteiger partial charge in [-0.3, -0.25) is 4.79 Å². The molecular formula is C40H68O2. The molecule has 240 valence electrons. The predicted octanol–water partition coefficient (Wildman–Crippen LogP) is 13.4. The molecule has 2 heteroatoms. The summed E-state index contributed by atoms with van der Waals surface area (Å²) in [6.45, 7) is 4.34. The quantitative estimate of drug-likeness (QED) is 0.0654. The van der Waals surface area contributed by atoms with Gasteiger partial charge in [0, 0.05) is 0 Å². The van der Waals surface area contributed by atoms with E-state index < -0.39 is 5.97 Å². The Kier molecular flexibility index (Phi) is 33.4. The number of hydrogen-bond donors (Lipinski definition) is 1. The van der Waals surface area contributed by atoms with Gasteiger partial charge < -0.3 is 5.11 Å². The van der Waals surface area contributed by atoms with E-state index in [1.807, 2.05) is 31.2 Å². The first kappa shape index (κ1) is 39.9. The normalized spacial score (nSPS) is 13.4. The second kappa shape index (κ2) is 35.1. The van der Waals surface area contributed by atoms with E-state index in [1.54, 1.807) is 0 Å². The molecule has 0 fully saturated rings. The Morgan fingerprint density at radius 2 is 0.786 bits per heavy atom. The molecule has 0 amide bonds. The van der Waals surface area contributed by atoms with E-state index in [0.29, 0.717) is 0 Å². The maximum atomic E-state index is 11.1. The fraction of sp³-hybridized carbons (Fsp3) is 0.675. The lowest BCUT2D eigenvalue weighted by Gasteiger charge is -2.09. The highest BCUT2D eigenvalue weighted by molar-refractivity contribution is 5.69. The number of allylic oxidation sites excluding steroid dienone is 12. The SMILES string of the molecule is CCCCCCCCCCCCCCCCCC/C=C/C=C/CC/C=C/C=C/C=C/C=C/CCCC(CCC)C(=O)O. The van der Waals surface area contributed by atoms with Crippen molar-refractivity contribution >= 4 is 5.97 Å². The Labute approximate surface area is 262 Å². The summed E-state index contributed by atoms with van der Waals surface area (Å²) in [5, 5.41) is 9.17. The molecule has 0 saturated heterocycles. The molecule has 42 heavy (non-hydrogen) atoms. The molecule has 0 aromatic rings. The highest BCUT2D eigenvalue weighted by Crippen LogP contribution is 2.16. The fourth-order valence-corrected chi connectivity index (χ4v) is 5.18. The zero-order valence-corrected chi connectivity index (χ0v) is 27.8. The van der Waals surface area contributed by atoms with E-state index in [1.165, 1.54) is 109 Å². The molecule has 0 aliphatic heterocycles. The Balaban J connectivity index is 3.48. The van der Waals surface area contributed by atoms with Crippen molar-refractivity contribution in [3.63, 3.8) is 0 Å². The van der Waals surface area contributed by atoms with E-state index in [4.69, 9.17) is 0 Å².